The molecular weight excluding hydrogens is 330 g/mol. The number of benzene rings is 1. The lowest BCUT2D eigenvalue weighted by Gasteiger charge is -2.04. The Balaban J connectivity index is 1.49. The second-order valence-electron chi connectivity index (χ2n) is 4.95. The lowest BCUT2D eigenvalue weighted by Crippen LogP contribution is -1.95. The molecule has 1 atom stereocenters. The van der Waals surface area contributed by atoms with Crippen molar-refractivity contribution in [2.24, 2.45) is 0 Å². The number of ether oxygens (including phenoxy) is 1. The fourth-order valence-electron chi connectivity index (χ4n) is 1.90. The van der Waals surface area contributed by atoms with Crippen molar-refractivity contribution in [1.29, 1.82) is 0 Å². The number of aromatic nitrogens is 3. The molecule has 3 aromatic rings. The molecule has 2 heterocycles. The van der Waals surface area contributed by atoms with Gasteiger partial charge in [0.2, 0.25) is 11.8 Å². The molecule has 0 fully saturated rings. The molecule has 3 rings (SSSR count). The average molecular weight is 347 g/mol. The number of thioether (sulfide) groups is 1. The van der Waals surface area contributed by atoms with Gasteiger partial charge in [-0.05, 0) is 19.1 Å². The quantitative estimate of drug-likeness (QED) is 0.631. The zero-order chi connectivity index (χ0) is 16.1. The summed E-state index contributed by atoms with van der Waals surface area (Å²) in [5.74, 6) is 2.93. The SMILES string of the molecule is Cc1nnc(C(C)SCc2csc(COc3ccccc3)n2)o1. The standard InChI is InChI=1S/C16H17N3O2S2/c1-11(16-19-18-12(2)21-16)22-9-13-10-23-15(17-13)8-20-14-6-4-3-5-7-14/h3-7,10-11H,8-9H2,1-2H3. The van der Waals surface area contributed by atoms with Crippen LogP contribution >= 0.6 is 23.1 Å². The van der Waals surface area contributed by atoms with Crippen LogP contribution in [-0.2, 0) is 12.4 Å². The maximum absolute atomic E-state index is 5.71. The highest BCUT2D eigenvalue weighted by molar-refractivity contribution is 7.98. The minimum Gasteiger partial charge on any atom is -0.486 e. The normalized spacial score (nSPS) is 12.3. The summed E-state index contributed by atoms with van der Waals surface area (Å²) in [5.41, 5.74) is 1.05. The third kappa shape index (κ3) is 4.56. The van der Waals surface area contributed by atoms with Crippen LogP contribution in [0.3, 0.4) is 0 Å². The zero-order valence-electron chi connectivity index (χ0n) is 12.9. The monoisotopic (exact) mass is 347 g/mol. The first-order valence-electron chi connectivity index (χ1n) is 7.23. The molecule has 120 valence electrons. The molecule has 23 heavy (non-hydrogen) atoms. The smallest absolute Gasteiger partial charge is 0.229 e. The molecule has 0 aliphatic carbocycles. The summed E-state index contributed by atoms with van der Waals surface area (Å²) in [6, 6.07) is 9.77. The summed E-state index contributed by atoms with van der Waals surface area (Å²) < 4.78 is 11.2. The van der Waals surface area contributed by atoms with Gasteiger partial charge in [0.15, 0.2) is 0 Å². The third-order valence-corrected chi connectivity index (χ3v) is 5.11. The molecule has 0 spiro atoms. The van der Waals surface area contributed by atoms with Gasteiger partial charge in [-0.1, -0.05) is 18.2 Å². The minimum atomic E-state index is 0.155. The number of aryl methyl sites for hydroxylation is 1. The van der Waals surface area contributed by atoms with Gasteiger partial charge >= 0.3 is 0 Å². The summed E-state index contributed by atoms with van der Waals surface area (Å²) in [6.07, 6.45) is 0. The maximum atomic E-state index is 5.71. The highest BCUT2D eigenvalue weighted by atomic mass is 32.2. The van der Waals surface area contributed by atoms with Crippen LogP contribution in [0, 0.1) is 6.92 Å². The van der Waals surface area contributed by atoms with Crippen LogP contribution in [0.2, 0.25) is 0 Å². The van der Waals surface area contributed by atoms with Crippen molar-refractivity contribution < 1.29 is 9.15 Å². The Morgan fingerprint density at radius 2 is 2.09 bits per heavy atom. The Morgan fingerprint density at radius 3 is 2.83 bits per heavy atom. The Bertz CT molecular complexity index is 743. The molecule has 0 aliphatic heterocycles. The van der Waals surface area contributed by atoms with Gasteiger partial charge in [0.25, 0.3) is 0 Å². The van der Waals surface area contributed by atoms with Crippen LogP contribution < -0.4 is 4.74 Å². The van der Waals surface area contributed by atoms with Crippen LogP contribution in [0.4, 0.5) is 0 Å². The molecule has 2 aromatic heterocycles. The van der Waals surface area contributed by atoms with Gasteiger partial charge in [0, 0.05) is 18.1 Å². The molecule has 0 saturated carbocycles. The van der Waals surface area contributed by atoms with Crippen LogP contribution in [-0.4, -0.2) is 15.2 Å². The second-order valence-corrected chi connectivity index (χ2v) is 7.22. The number of nitrogens with zero attached hydrogens (tertiary/aromatic N) is 3. The Labute approximate surface area is 143 Å². The number of hydrogen-bond donors (Lipinski definition) is 0. The van der Waals surface area contributed by atoms with Crippen LogP contribution in [0.1, 0.15) is 34.7 Å². The average Bonchev–Trinajstić information content (AvgIpc) is 3.21. The van der Waals surface area contributed by atoms with Crippen molar-refractivity contribution >= 4 is 23.1 Å². The first-order chi connectivity index (χ1) is 11.2. The molecule has 0 radical (unpaired) electrons. The van der Waals surface area contributed by atoms with E-state index in [1.165, 1.54) is 0 Å². The highest BCUT2D eigenvalue weighted by Crippen LogP contribution is 2.30. The Kier molecular flexibility index (Phi) is 5.30. The second kappa shape index (κ2) is 7.61. The first kappa shape index (κ1) is 16.0. The van der Waals surface area contributed by atoms with E-state index in [1.807, 2.05) is 30.3 Å². The maximum Gasteiger partial charge on any atom is 0.229 e. The molecule has 5 nitrogen and oxygen atoms in total. The minimum absolute atomic E-state index is 0.155. The van der Waals surface area contributed by atoms with Gasteiger partial charge in [-0.3, -0.25) is 0 Å². The molecular formula is C16H17N3O2S2. The van der Waals surface area contributed by atoms with E-state index in [0.29, 0.717) is 18.4 Å². The van der Waals surface area contributed by atoms with Gasteiger partial charge in [-0.15, -0.1) is 33.3 Å². The summed E-state index contributed by atoms with van der Waals surface area (Å²) in [6.45, 7) is 4.36. The van der Waals surface area contributed by atoms with E-state index >= 15 is 0 Å². The van der Waals surface area contributed by atoms with Crippen molar-refractivity contribution in [3.63, 3.8) is 0 Å². The number of hydrogen-bond acceptors (Lipinski definition) is 7. The summed E-state index contributed by atoms with van der Waals surface area (Å²) in [5, 5.41) is 11.1. The fraction of sp³-hybridized carbons (Fsp3) is 0.312. The largest absolute Gasteiger partial charge is 0.486 e. The lowest BCUT2D eigenvalue weighted by atomic mass is 10.3. The molecule has 7 heteroatoms. The predicted octanol–water partition coefficient (Wildman–Crippen LogP) is 4.41. The molecule has 0 N–H and O–H groups in total. The van der Waals surface area contributed by atoms with Gasteiger partial charge < -0.3 is 9.15 Å². The number of thiazole rings is 1. The van der Waals surface area contributed by atoms with Crippen molar-refractivity contribution in [1.82, 2.24) is 15.2 Å². The van der Waals surface area contributed by atoms with Crippen molar-refractivity contribution in [3.8, 4) is 5.75 Å². The third-order valence-electron chi connectivity index (χ3n) is 3.08. The Morgan fingerprint density at radius 1 is 1.26 bits per heavy atom. The van der Waals surface area contributed by atoms with Crippen LogP contribution in [0.25, 0.3) is 0 Å². The van der Waals surface area contributed by atoms with E-state index in [9.17, 15) is 0 Å². The van der Waals surface area contributed by atoms with Gasteiger partial charge in [-0.25, -0.2) is 4.98 Å². The summed E-state index contributed by atoms with van der Waals surface area (Å²) >= 11 is 3.35. The Hall–Kier alpha value is -1.86. The molecule has 0 aliphatic rings. The predicted molar refractivity (Wildman–Crippen MR) is 91.6 cm³/mol. The van der Waals surface area contributed by atoms with Gasteiger partial charge in [0.05, 0.1) is 10.9 Å². The van der Waals surface area contributed by atoms with E-state index in [4.69, 9.17) is 9.15 Å². The first-order valence-corrected chi connectivity index (χ1v) is 9.16. The molecule has 1 aromatic carbocycles. The van der Waals surface area contributed by atoms with Crippen LogP contribution in [0.15, 0.2) is 40.1 Å². The molecule has 0 saturated heterocycles. The summed E-state index contributed by atoms with van der Waals surface area (Å²) in [7, 11) is 0. The van der Waals surface area contributed by atoms with E-state index in [-0.39, 0.29) is 5.25 Å². The summed E-state index contributed by atoms with van der Waals surface area (Å²) in [4.78, 5) is 4.60. The van der Waals surface area contributed by atoms with Crippen molar-refractivity contribution in [3.05, 3.63) is 58.2 Å². The van der Waals surface area contributed by atoms with Gasteiger partial charge in [-0.2, -0.15) is 0 Å². The molecule has 0 bridgehead atoms. The van der Waals surface area contributed by atoms with Crippen LogP contribution in [0.5, 0.6) is 5.75 Å². The van der Waals surface area contributed by atoms with E-state index in [2.05, 4.69) is 27.5 Å². The molecule has 1 unspecified atom stereocenters. The number of rotatable bonds is 7. The van der Waals surface area contributed by atoms with Crippen molar-refractivity contribution in [2.75, 3.05) is 0 Å². The topological polar surface area (TPSA) is 61.0 Å². The number of para-hydroxylation sites is 1. The van der Waals surface area contributed by atoms with E-state index in [0.717, 1.165) is 22.2 Å². The van der Waals surface area contributed by atoms with Crippen molar-refractivity contribution in [2.45, 2.75) is 31.5 Å². The highest BCUT2D eigenvalue weighted by Gasteiger charge is 2.14. The van der Waals surface area contributed by atoms with E-state index in [1.54, 1.807) is 30.0 Å². The van der Waals surface area contributed by atoms with E-state index < -0.39 is 0 Å². The lowest BCUT2D eigenvalue weighted by molar-refractivity contribution is 0.305. The van der Waals surface area contributed by atoms with Gasteiger partial charge in [0.1, 0.15) is 17.4 Å². The fourth-order valence-corrected chi connectivity index (χ4v) is 3.52. The molecule has 0 amide bonds. The zero-order valence-corrected chi connectivity index (χ0v) is 14.6.